The number of rotatable bonds is 5. The van der Waals surface area contributed by atoms with E-state index in [-0.39, 0.29) is 11.7 Å². The van der Waals surface area contributed by atoms with E-state index in [2.05, 4.69) is 10.2 Å². The summed E-state index contributed by atoms with van der Waals surface area (Å²) in [5.74, 6) is 0.351. The number of ketones is 1. The Morgan fingerprint density at radius 1 is 1.45 bits per heavy atom. The average molecular weight is 295 g/mol. The van der Waals surface area contributed by atoms with Crippen LogP contribution in [0.25, 0.3) is 0 Å². The normalized spacial score (nSPS) is 14.8. The highest BCUT2D eigenvalue weighted by Gasteiger charge is 2.27. The van der Waals surface area contributed by atoms with Gasteiger partial charge in [-0.3, -0.25) is 9.59 Å². The number of carbonyl (C=O) groups excluding carboxylic acids is 2. The second-order valence-corrected chi connectivity index (χ2v) is 6.34. The molecule has 1 saturated carbocycles. The molecule has 0 aromatic carbocycles. The molecule has 1 aromatic rings. The van der Waals surface area contributed by atoms with Crippen LogP contribution in [0.2, 0.25) is 0 Å². The summed E-state index contributed by atoms with van der Waals surface area (Å²) in [4.78, 5) is 26.2. The Balaban J connectivity index is 2.36. The zero-order valence-corrected chi connectivity index (χ0v) is 13.0. The molecule has 2 rings (SSSR count). The molecule has 3 N–H and O–H groups in total. The lowest BCUT2D eigenvalue weighted by atomic mass is 9.85. The highest BCUT2D eigenvalue weighted by molar-refractivity contribution is 7.19. The molecule has 6 heteroatoms. The van der Waals surface area contributed by atoms with E-state index in [1.807, 2.05) is 7.05 Å². The van der Waals surface area contributed by atoms with E-state index in [9.17, 15) is 9.59 Å². The van der Waals surface area contributed by atoms with E-state index in [0.717, 1.165) is 11.5 Å². The SMILES string of the molecule is CNC(=O)c1c(N(C)CC2CCC2)sc(C(C)=O)c1N. The highest BCUT2D eigenvalue weighted by Crippen LogP contribution is 2.39. The molecule has 1 amide bonds. The van der Waals surface area contributed by atoms with Crippen LogP contribution in [0.15, 0.2) is 0 Å². The number of nitrogens with two attached hydrogens (primary N) is 1. The standard InChI is InChI=1S/C14H21N3O2S/c1-8(18)12-11(15)10(13(19)16-2)14(20-12)17(3)7-9-5-4-6-9/h9H,4-7,15H2,1-3H3,(H,16,19). The molecule has 1 aliphatic carbocycles. The molecule has 1 aromatic heterocycles. The molecule has 0 aliphatic heterocycles. The van der Waals surface area contributed by atoms with Crippen molar-refractivity contribution in [3.8, 4) is 0 Å². The van der Waals surface area contributed by atoms with Gasteiger partial charge < -0.3 is 16.0 Å². The van der Waals surface area contributed by atoms with Crippen molar-refractivity contribution >= 4 is 33.7 Å². The summed E-state index contributed by atoms with van der Waals surface area (Å²) >= 11 is 1.31. The zero-order chi connectivity index (χ0) is 14.9. The number of Topliss-reactive ketones (excluding diaryl/α,β-unsaturated/α-hetero) is 1. The number of nitrogen functional groups attached to an aromatic ring is 1. The van der Waals surface area contributed by atoms with Crippen molar-refractivity contribution in [1.82, 2.24) is 5.32 Å². The van der Waals surface area contributed by atoms with E-state index < -0.39 is 0 Å². The first-order chi connectivity index (χ1) is 9.45. The minimum absolute atomic E-state index is 0.0963. The topological polar surface area (TPSA) is 75.4 Å². The first kappa shape index (κ1) is 14.8. The van der Waals surface area contributed by atoms with E-state index in [1.54, 1.807) is 7.05 Å². The van der Waals surface area contributed by atoms with Gasteiger partial charge in [0.1, 0.15) is 5.00 Å². The van der Waals surface area contributed by atoms with Crippen LogP contribution >= 0.6 is 11.3 Å². The second kappa shape index (κ2) is 5.83. The fraction of sp³-hybridized carbons (Fsp3) is 0.571. The third-order valence-corrected chi connectivity index (χ3v) is 5.22. The summed E-state index contributed by atoms with van der Waals surface area (Å²) in [5.41, 5.74) is 6.74. The summed E-state index contributed by atoms with van der Waals surface area (Å²) in [6.45, 7) is 2.38. The largest absolute Gasteiger partial charge is 0.397 e. The van der Waals surface area contributed by atoms with Crippen LogP contribution < -0.4 is 16.0 Å². The number of thiophene rings is 1. The summed E-state index contributed by atoms with van der Waals surface area (Å²) in [7, 11) is 3.53. The van der Waals surface area contributed by atoms with E-state index >= 15 is 0 Å². The van der Waals surface area contributed by atoms with E-state index in [1.165, 1.54) is 37.5 Å². The number of nitrogens with one attached hydrogen (secondary N) is 1. The number of anilines is 2. The average Bonchev–Trinajstić information content (AvgIpc) is 2.70. The van der Waals surface area contributed by atoms with Gasteiger partial charge in [-0.2, -0.15) is 0 Å². The van der Waals surface area contributed by atoms with Crippen LogP contribution in [0, 0.1) is 5.92 Å². The second-order valence-electron chi connectivity index (χ2n) is 5.34. The van der Waals surface area contributed by atoms with Crippen LogP contribution in [0.3, 0.4) is 0 Å². The quantitative estimate of drug-likeness (QED) is 0.816. The highest BCUT2D eigenvalue weighted by atomic mass is 32.1. The predicted octanol–water partition coefficient (Wildman–Crippen LogP) is 2.13. The molecule has 1 aliphatic rings. The van der Waals surface area contributed by atoms with Crippen LogP contribution in [0.5, 0.6) is 0 Å². The van der Waals surface area contributed by atoms with Crippen LogP contribution in [-0.4, -0.2) is 32.3 Å². The van der Waals surface area contributed by atoms with Gasteiger partial charge in [-0.1, -0.05) is 6.42 Å². The van der Waals surface area contributed by atoms with Crippen LogP contribution in [-0.2, 0) is 0 Å². The van der Waals surface area contributed by atoms with Crippen molar-refractivity contribution in [3.05, 3.63) is 10.4 Å². The van der Waals surface area contributed by atoms with Crippen molar-refractivity contribution in [3.63, 3.8) is 0 Å². The molecule has 0 unspecified atom stereocenters. The monoisotopic (exact) mass is 295 g/mol. The lowest BCUT2D eigenvalue weighted by molar-refractivity contribution is 0.0964. The fourth-order valence-corrected chi connectivity index (χ4v) is 3.54. The van der Waals surface area contributed by atoms with E-state index in [0.29, 0.717) is 22.0 Å². The van der Waals surface area contributed by atoms with Crippen LogP contribution in [0.1, 0.15) is 46.2 Å². The van der Waals surface area contributed by atoms with Gasteiger partial charge in [0.25, 0.3) is 5.91 Å². The molecule has 0 bridgehead atoms. The summed E-state index contributed by atoms with van der Waals surface area (Å²) in [5, 5.41) is 3.39. The zero-order valence-electron chi connectivity index (χ0n) is 12.2. The Morgan fingerprint density at radius 3 is 2.55 bits per heavy atom. The van der Waals surface area contributed by atoms with Gasteiger partial charge >= 0.3 is 0 Å². The Bertz CT molecular complexity index is 535. The maximum absolute atomic E-state index is 12.0. The van der Waals surface area contributed by atoms with Gasteiger partial charge in [-0.25, -0.2) is 0 Å². The van der Waals surface area contributed by atoms with Gasteiger partial charge in [-0.05, 0) is 18.8 Å². The molecule has 0 radical (unpaired) electrons. The Hall–Kier alpha value is -1.56. The van der Waals surface area contributed by atoms with Gasteiger partial charge in [0.15, 0.2) is 5.78 Å². The number of hydrogen-bond donors (Lipinski definition) is 2. The Kier molecular flexibility index (Phi) is 4.32. The molecule has 0 spiro atoms. The smallest absolute Gasteiger partial charge is 0.256 e. The maximum atomic E-state index is 12.0. The van der Waals surface area contributed by atoms with Gasteiger partial charge in [0, 0.05) is 27.6 Å². The molecule has 1 heterocycles. The number of amides is 1. The molecular formula is C14H21N3O2S. The van der Waals surface area contributed by atoms with Crippen molar-refractivity contribution in [2.45, 2.75) is 26.2 Å². The number of hydrogen-bond acceptors (Lipinski definition) is 5. The lowest BCUT2D eigenvalue weighted by Gasteiger charge is -2.31. The summed E-state index contributed by atoms with van der Waals surface area (Å²) in [6.07, 6.45) is 3.76. The van der Waals surface area contributed by atoms with Crippen molar-refractivity contribution in [1.29, 1.82) is 0 Å². The maximum Gasteiger partial charge on any atom is 0.256 e. The first-order valence-corrected chi connectivity index (χ1v) is 7.63. The van der Waals surface area contributed by atoms with Gasteiger partial charge in [-0.15, -0.1) is 11.3 Å². The third kappa shape index (κ3) is 2.65. The number of nitrogens with zero attached hydrogens (tertiary/aromatic N) is 1. The minimum Gasteiger partial charge on any atom is -0.397 e. The predicted molar refractivity (Wildman–Crippen MR) is 82.7 cm³/mol. The van der Waals surface area contributed by atoms with Crippen LogP contribution in [0.4, 0.5) is 10.7 Å². The van der Waals surface area contributed by atoms with Gasteiger partial charge in [0.2, 0.25) is 0 Å². The van der Waals surface area contributed by atoms with Crippen molar-refractivity contribution < 1.29 is 9.59 Å². The lowest BCUT2D eigenvalue weighted by Crippen LogP contribution is -2.30. The summed E-state index contributed by atoms with van der Waals surface area (Å²) in [6, 6.07) is 0. The molecule has 0 saturated heterocycles. The van der Waals surface area contributed by atoms with Crippen molar-refractivity contribution in [2.75, 3.05) is 31.3 Å². The minimum atomic E-state index is -0.235. The third-order valence-electron chi connectivity index (χ3n) is 3.80. The van der Waals surface area contributed by atoms with Gasteiger partial charge in [0.05, 0.1) is 16.1 Å². The Labute approximate surface area is 123 Å². The first-order valence-electron chi connectivity index (χ1n) is 6.82. The Morgan fingerprint density at radius 2 is 2.10 bits per heavy atom. The molecular weight excluding hydrogens is 274 g/mol. The molecule has 110 valence electrons. The molecule has 5 nitrogen and oxygen atoms in total. The van der Waals surface area contributed by atoms with E-state index in [4.69, 9.17) is 5.73 Å². The molecule has 20 heavy (non-hydrogen) atoms. The number of carbonyl (C=O) groups is 2. The summed E-state index contributed by atoms with van der Waals surface area (Å²) < 4.78 is 0. The fourth-order valence-electron chi connectivity index (χ4n) is 2.45. The van der Waals surface area contributed by atoms with Crippen molar-refractivity contribution in [2.24, 2.45) is 5.92 Å². The molecule has 1 fully saturated rings. The molecule has 0 atom stereocenters.